The fraction of sp³-hybridized carbons (Fsp3) is 0.250. The van der Waals surface area contributed by atoms with Crippen LogP contribution in [0.5, 0.6) is 5.75 Å². The summed E-state index contributed by atoms with van der Waals surface area (Å²) in [6.07, 6.45) is 0.667. The zero-order valence-corrected chi connectivity index (χ0v) is 12.6. The highest BCUT2D eigenvalue weighted by molar-refractivity contribution is 6.36. The smallest absolute Gasteiger partial charge is 0.128 e. The predicted molar refractivity (Wildman–Crippen MR) is 82.7 cm³/mol. The number of nitrogens with one attached hydrogen (secondary N) is 1. The van der Waals surface area contributed by atoms with Crippen LogP contribution in [-0.2, 0) is 0 Å². The van der Waals surface area contributed by atoms with Crippen LogP contribution in [0.3, 0.4) is 0 Å². The molecule has 2 nitrogen and oxygen atoms in total. The average molecular weight is 308 g/mol. The lowest BCUT2D eigenvalue weighted by molar-refractivity contribution is 0.154. The largest absolute Gasteiger partial charge is 0.485 e. The fourth-order valence-electron chi connectivity index (χ4n) is 2.69. The first-order valence-corrected chi connectivity index (χ1v) is 7.33. The number of benzene rings is 2. The van der Waals surface area contributed by atoms with E-state index in [1.807, 2.05) is 43.4 Å². The minimum atomic E-state index is -0.136. The average Bonchev–Trinajstić information content (AvgIpc) is 2.46. The van der Waals surface area contributed by atoms with E-state index in [9.17, 15) is 0 Å². The van der Waals surface area contributed by atoms with Crippen LogP contribution in [-0.4, -0.2) is 7.05 Å². The summed E-state index contributed by atoms with van der Waals surface area (Å²) in [7, 11) is 1.96. The van der Waals surface area contributed by atoms with Crippen molar-refractivity contribution in [2.75, 3.05) is 7.05 Å². The van der Waals surface area contributed by atoms with E-state index in [0.717, 1.165) is 17.7 Å². The molecule has 2 aromatic carbocycles. The topological polar surface area (TPSA) is 21.3 Å². The molecular formula is C16H15Cl2NO. The second kappa shape index (κ2) is 5.65. The van der Waals surface area contributed by atoms with Crippen LogP contribution in [0, 0.1) is 0 Å². The summed E-state index contributed by atoms with van der Waals surface area (Å²) in [5, 5.41) is 4.63. The number of hydrogen-bond acceptors (Lipinski definition) is 2. The van der Waals surface area contributed by atoms with Crippen molar-refractivity contribution in [2.24, 2.45) is 0 Å². The van der Waals surface area contributed by atoms with Gasteiger partial charge in [0.25, 0.3) is 0 Å². The van der Waals surface area contributed by atoms with E-state index < -0.39 is 0 Å². The quantitative estimate of drug-likeness (QED) is 0.862. The Hall–Kier alpha value is -1.22. The van der Waals surface area contributed by atoms with Crippen LogP contribution < -0.4 is 10.1 Å². The Morgan fingerprint density at radius 2 is 1.75 bits per heavy atom. The molecule has 0 spiro atoms. The number of halogens is 2. The molecule has 0 amide bonds. The molecule has 3 rings (SSSR count). The molecule has 0 bridgehead atoms. The van der Waals surface area contributed by atoms with Crippen molar-refractivity contribution >= 4 is 23.2 Å². The highest BCUT2D eigenvalue weighted by atomic mass is 35.5. The van der Waals surface area contributed by atoms with Gasteiger partial charge in [-0.25, -0.2) is 0 Å². The van der Waals surface area contributed by atoms with E-state index in [1.165, 1.54) is 5.56 Å². The lowest BCUT2D eigenvalue weighted by Gasteiger charge is -2.33. The van der Waals surface area contributed by atoms with Gasteiger partial charge in [0.05, 0.1) is 0 Å². The Morgan fingerprint density at radius 3 is 2.45 bits per heavy atom. The molecule has 2 atom stereocenters. The van der Waals surface area contributed by atoms with Gasteiger partial charge in [-0.15, -0.1) is 0 Å². The molecule has 0 fully saturated rings. The molecule has 0 saturated heterocycles. The Morgan fingerprint density at radius 1 is 1.05 bits per heavy atom. The van der Waals surface area contributed by atoms with Gasteiger partial charge in [-0.05, 0) is 25.2 Å². The zero-order chi connectivity index (χ0) is 14.1. The predicted octanol–water partition coefficient (Wildman–Crippen LogP) is 4.78. The highest BCUT2D eigenvalue weighted by Crippen LogP contribution is 2.44. The van der Waals surface area contributed by atoms with E-state index in [-0.39, 0.29) is 12.1 Å². The van der Waals surface area contributed by atoms with Crippen molar-refractivity contribution in [1.82, 2.24) is 5.32 Å². The van der Waals surface area contributed by atoms with E-state index in [4.69, 9.17) is 27.9 Å². The summed E-state index contributed by atoms with van der Waals surface area (Å²) in [6, 6.07) is 13.8. The van der Waals surface area contributed by atoms with E-state index in [1.54, 1.807) is 0 Å². The Bertz CT molecular complexity index is 609. The SMILES string of the molecule is CNC1CC(c2c(Cl)cccc2Cl)Oc2ccccc21. The summed E-state index contributed by atoms with van der Waals surface area (Å²) < 4.78 is 6.10. The lowest BCUT2D eigenvalue weighted by Crippen LogP contribution is -2.27. The van der Waals surface area contributed by atoms with Gasteiger partial charge in [0.1, 0.15) is 11.9 Å². The molecule has 0 radical (unpaired) electrons. The first-order chi connectivity index (χ1) is 9.70. The normalized spacial score (nSPS) is 21.1. The van der Waals surface area contributed by atoms with Gasteiger partial charge in [0.15, 0.2) is 0 Å². The third-order valence-corrected chi connectivity index (χ3v) is 4.34. The van der Waals surface area contributed by atoms with Gasteiger partial charge in [0, 0.05) is 33.6 Å². The van der Waals surface area contributed by atoms with Gasteiger partial charge in [-0.2, -0.15) is 0 Å². The number of fused-ring (bicyclic) bond motifs is 1. The van der Waals surface area contributed by atoms with Crippen LogP contribution in [0.15, 0.2) is 42.5 Å². The van der Waals surface area contributed by atoms with Crippen LogP contribution in [0.4, 0.5) is 0 Å². The number of rotatable bonds is 2. The molecule has 1 heterocycles. The zero-order valence-electron chi connectivity index (χ0n) is 11.1. The number of hydrogen-bond donors (Lipinski definition) is 1. The molecule has 1 aliphatic heterocycles. The van der Waals surface area contributed by atoms with Crippen LogP contribution in [0.2, 0.25) is 10.0 Å². The standard InChI is InChI=1S/C16H15Cl2NO/c1-19-13-9-15(16-11(17)6-4-7-12(16)18)20-14-8-3-2-5-10(13)14/h2-8,13,15,19H,9H2,1H3. The number of para-hydroxylation sites is 1. The van der Waals surface area contributed by atoms with Crippen molar-refractivity contribution in [2.45, 2.75) is 18.6 Å². The maximum atomic E-state index is 6.30. The highest BCUT2D eigenvalue weighted by Gasteiger charge is 2.30. The van der Waals surface area contributed by atoms with E-state index in [2.05, 4.69) is 11.4 Å². The van der Waals surface area contributed by atoms with Crippen molar-refractivity contribution in [3.05, 3.63) is 63.6 Å². The summed E-state index contributed by atoms with van der Waals surface area (Å²) in [4.78, 5) is 0. The summed E-state index contributed by atoms with van der Waals surface area (Å²) in [6.45, 7) is 0. The van der Waals surface area contributed by atoms with Crippen LogP contribution >= 0.6 is 23.2 Å². The lowest BCUT2D eigenvalue weighted by atomic mass is 9.93. The summed E-state index contributed by atoms with van der Waals surface area (Å²) in [5.41, 5.74) is 2.04. The van der Waals surface area contributed by atoms with Gasteiger partial charge in [-0.3, -0.25) is 0 Å². The van der Waals surface area contributed by atoms with Crippen LogP contribution in [0.25, 0.3) is 0 Å². The van der Waals surface area contributed by atoms with Crippen molar-refractivity contribution < 1.29 is 4.74 Å². The first-order valence-electron chi connectivity index (χ1n) is 6.57. The minimum Gasteiger partial charge on any atom is -0.485 e. The maximum Gasteiger partial charge on any atom is 0.128 e. The summed E-state index contributed by atoms with van der Waals surface area (Å²) in [5.74, 6) is 0.888. The Labute approximate surface area is 128 Å². The first kappa shape index (κ1) is 13.7. The van der Waals surface area contributed by atoms with Gasteiger partial charge >= 0.3 is 0 Å². The molecule has 2 unspecified atom stereocenters. The molecule has 1 aliphatic rings. The van der Waals surface area contributed by atoms with Crippen molar-refractivity contribution in [3.63, 3.8) is 0 Å². The molecule has 20 heavy (non-hydrogen) atoms. The second-order valence-electron chi connectivity index (χ2n) is 4.86. The Balaban J connectivity index is 2.02. The molecule has 4 heteroatoms. The van der Waals surface area contributed by atoms with Gasteiger partial charge in [0.2, 0.25) is 0 Å². The molecule has 1 N–H and O–H groups in total. The van der Waals surface area contributed by atoms with Crippen molar-refractivity contribution in [3.8, 4) is 5.75 Å². The van der Waals surface area contributed by atoms with E-state index >= 15 is 0 Å². The molecule has 0 aliphatic carbocycles. The van der Waals surface area contributed by atoms with Crippen LogP contribution in [0.1, 0.15) is 29.7 Å². The Kier molecular flexibility index (Phi) is 3.88. The van der Waals surface area contributed by atoms with E-state index in [0.29, 0.717) is 10.0 Å². The third kappa shape index (κ3) is 2.39. The molecule has 0 saturated carbocycles. The second-order valence-corrected chi connectivity index (χ2v) is 5.67. The van der Waals surface area contributed by atoms with Crippen molar-refractivity contribution in [1.29, 1.82) is 0 Å². The van der Waals surface area contributed by atoms with Gasteiger partial charge in [-0.1, -0.05) is 47.5 Å². The third-order valence-electron chi connectivity index (χ3n) is 3.68. The molecule has 2 aromatic rings. The molecule has 0 aromatic heterocycles. The summed E-state index contributed by atoms with van der Waals surface area (Å²) >= 11 is 12.6. The van der Waals surface area contributed by atoms with Gasteiger partial charge < -0.3 is 10.1 Å². The molecular weight excluding hydrogens is 293 g/mol. The maximum absolute atomic E-state index is 6.30. The number of ether oxygens (including phenoxy) is 1. The molecule has 104 valence electrons. The fourth-order valence-corrected chi connectivity index (χ4v) is 3.33. The monoisotopic (exact) mass is 307 g/mol. The minimum absolute atomic E-state index is 0.136.